The molecule has 0 saturated heterocycles. The Morgan fingerprint density at radius 3 is 2.30 bits per heavy atom. The zero-order valence-corrected chi connectivity index (χ0v) is 19.3. The van der Waals surface area contributed by atoms with E-state index < -0.39 is 18.0 Å². The summed E-state index contributed by atoms with van der Waals surface area (Å²) >= 11 is 0. The molecule has 3 rings (SSSR count). The van der Waals surface area contributed by atoms with Crippen molar-refractivity contribution in [3.05, 3.63) is 56.7 Å². The number of carbonyl (C=O) groups is 2. The summed E-state index contributed by atoms with van der Waals surface area (Å²) in [4.78, 5) is 32.4. The molecule has 0 saturated carbocycles. The van der Waals surface area contributed by atoms with Gasteiger partial charge in [-0.1, -0.05) is 0 Å². The van der Waals surface area contributed by atoms with Crippen LogP contribution in [0.1, 0.15) is 61.8 Å². The van der Waals surface area contributed by atoms with Gasteiger partial charge < -0.3 is 4.74 Å². The molecule has 0 aliphatic rings. The van der Waals surface area contributed by atoms with Crippen LogP contribution in [0.15, 0.2) is 6.07 Å². The highest BCUT2D eigenvalue weighted by Crippen LogP contribution is 2.27. The number of aryl methyl sites for hydroxylation is 3. The van der Waals surface area contributed by atoms with Crippen molar-refractivity contribution in [3.63, 3.8) is 0 Å². The number of alkyl halides is 3. The molecule has 0 bridgehead atoms. The molecule has 33 heavy (non-hydrogen) atoms. The molecule has 7 nitrogen and oxygen atoms in total. The summed E-state index contributed by atoms with van der Waals surface area (Å²) in [5.41, 5.74) is 5.95. The molecule has 0 fully saturated rings. The first-order valence-corrected chi connectivity index (χ1v) is 10.4. The molecule has 0 aliphatic heterocycles. The van der Waals surface area contributed by atoms with Gasteiger partial charge in [-0.2, -0.15) is 18.2 Å². The molecule has 0 N–H and O–H groups in total. The van der Waals surface area contributed by atoms with Crippen LogP contribution in [0.3, 0.4) is 0 Å². The summed E-state index contributed by atoms with van der Waals surface area (Å²) in [7, 11) is 0. The van der Waals surface area contributed by atoms with Crippen LogP contribution >= 0.6 is 0 Å². The lowest BCUT2D eigenvalue weighted by molar-refractivity contribution is -0.145. The second kappa shape index (κ2) is 8.92. The minimum absolute atomic E-state index is 0.0616. The van der Waals surface area contributed by atoms with E-state index in [1.165, 1.54) is 0 Å². The quantitative estimate of drug-likeness (QED) is 0.400. The number of hydrogen-bond acceptors (Lipinski definition) is 6. The van der Waals surface area contributed by atoms with Crippen molar-refractivity contribution in [2.24, 2.45) is 0 Å². The van der Waals surface area contributed by atoms with Crippen molar-refractivity contribution >= 4 is 17.5 Å². The lowest BCUT2D eigenvalue weighted by atomic mass is 9.93. The Hall–Kier alpha value is -3.30. The minimum atomic E-state index is -4.68. The van der Waals surface area contributed by atoms with Gasteiger partial charge in [0.15, 0.2) is 6.61 Å². The van der Waals surface area contributed by atoms with E-state index in [1.54, 1.807) is 19.9 Å². The van der Waals surface area contributed by atoms with Crippen LogP contribution in [0, 0.1) is 41.5 Å². The molecule has 0 atom stereocenters. The van der Waals surface area contributed by atoms with Gasteiger partial charge in [0.1, 0.15) is 0 Å². The van der Waals surface area contributed by atoms with Crippen molar-refractivity contribution in [2.75, 3.05) is 6.61 Å². The third-order valence-electron chi connectivity index (χ3n) is 6.03. The maximum atomic E-state index is 12.9. The van der Waals surface area contributed by atoms with E-state index >= 15 is 0 Å². The molecular weight excluding hydrogens is 437 g/mol. The molecule has 1 aromatic carbocycles. The third-order valence-corrected chi connectivity index (χ3v) is 6.03. The maximum Gasteiger partial charge on any atom is 0.453 e. The number of rotatable bonds is 6. The van der Waals surface area contributed by atoms with Crippen LogP contribution in [0.4, 0.5) is 13.2 Å². The Kier molecular flexibility index (Phi) is 6.58. The predicted octanol–water partition coefficient (Wildman–Crippen LogP) is 4.35. The zero-order chi connectivity index (χ0) is 24.7. The fourth-order valence-corrected chi connectivity index (χ4v) is 3.71. The number of fused-ring (bicyclic) bond motifs is 1. The van der Waals surface area contributed by atoms with Crippen molar-refractivity contribution in [1.29, 1.82) is 0 Å². The van der Waals surface area contributed by atoms with E-state index in [9.17, 15) is 22.8 Å². The molecule has 0 radical (unpaired) electrons. The van der Waals surface area contributed by atoms with Gasteiger partial charge in [0.05, 0.1) is 0 Å². The lowest BCUT2D eigenvalue weighted by Crippen LogP contribution is -2.17. The van der Waals surface area contributed by atoms with Gasteiger partial charge in [-0.3, -0.25) is 9.59 Å². The van der Waals surface area contributed by atoms with E-state index in [4.69, 9.17) is 4.74 Å². The number of Topliss-reactive ketones (excluding diaryl/α,β-unsaturated/α-hetero) is 1. The summed E-state index contributed by atoms with van der Waals surface area (Å²) in [6.45, 7) is 10.6. The largest absolute Gasteiger partial charge is 0.457 e. The Morgan fingerprint density at radius 1 is 1.00 bits per heavy atom. The van der Waals surface area contributed by atoms with Crippen molar-refractivity contribution < 1.29 is 27.5 Å². The topological polar surface area (TPSA) is 86.5 Å². The van der Waals surface area contributed by atoms with Crippen LogP contribution in [0.25, 0.3) is 5.78 Å². The molecule has 176 valence electrons. The number of ether oxygens (including phenoxy) is 1. The average molecular weight is 462 g/mol. The first-order valence-electron chi connectivity index (χ1n) is 10.4. The van der Waals surface area contributed by atoms with Crippen molar-refractivity contribution in [2.45, 2.75) is 60.6 Å². The van der Waals surface area contributed by atoms with Crippen molar-refractivity contribution in [3.8, 4) is 0 Å². The zero-order valence-electron chi connectivity index (χ0n) is 19.3. The summed E-state index contributed by atoms with van der Waals surface area (Å²) in [6, 6.07) is 1.80. The fraction of sp³-hybridized carbons (Fsp3) is 0.435. The Labute approximate surface area is 189 Å². The SMILES string of the molecule is Cc1cc(C(=O)COC(=O)CCc2c(C)nc3nc(C(F)(F)F)nn3c2C)c(C)c(C)c1C. The van der Waals surface area contributed by atoms with Gasteiger partial charge in [-0.25, -0.2) is 9.50 Å². The summed E-state index contributed by atoms with van der Waals surface area (Å²) in [5.74, 6) is -2.31. The average Bonchev–Trinajstić information content (AvgIpc) is 3.17. The lowest BCUT2D eigenvalue weighted by Gasteiger charge is -2.14. The van der Waals surface area contributed by atoms with Crippen LogP contribution in [-0.4, -0.2) is 37.9 Å². The number of ketones is 1. The summed E-state index contributed by atoms with van der Waals surface area (Å²) < 4.78 is 44.9. The number of carbonyl (C=O) groups excluding carboxylic acids is 2. The van der Waals surface area contributed by atoms with Crippen molar-refractivity contribution in [1.82, 2.24) is 19.6 Å². The number of aromatic nitrogens is 4. The number of benzene rings is 1. The highest BCUT2D eigenvalue weighted by Gasteiger charge is 2.37. The van der Waals surface area contributed by atoms with E-state index in [-0.39, 0.29) is 31.0 Å². The van der Waals surface area contributed by atoms with Crippen LogP contribution in [-0.2, 0) is 22.1 Å². The smallest absolute Gasteiger partial charge is 0.453 e. The first-order chi connectivity index (χ1) is 15.3. The monoisotopic (exact) mass is 462 g/mol. The fourth-order valence-electron chi connectivity index (χ4n) is 3.71. The van der Waals surface area contributed by atoms with Gasteiger partial charge >= 0.3 is 12.1 Å². The van der Waals surface area contributed by atoms with Gasteiger partial charge in [-0.15, -0.1) is 5.10 Å². The number of esters is 1. The van der Waals surface area contributed by atoms with Gasteiger partial charge in [0.25, 0.3) is 11.6 Å². The van der Waals surface area contributed by atoms with E-state index in [1.807, 2.05) is 27.7 Å². The highest BCUT2D eigenvalue weighted by molar-refractivity contribution is 5.99. The van der Waals surface area contributed by atoms with Gasteiger partial charge in [0, 0.05) is 23.4 Å². The molecule has 2 heterocycles. The second-order valence-corrected chi connectivity index (χ2v) is 8.11. The molecule has 10 heteroatoms. The Bertz CT molecular complexity index is 1260. The molecular formula is C23H25F3N4O3. The highest BCUT2D eigenvalue weighted by atomic mass is 19.4. The first kappa shape index (κ1) is 24.3. The molecule has 0 unspecified atom stereocenters. The van der Waals surface area contributed by atoms with Gasteiger partial charge in [-0.05, 0) is 81.8 Å². The number of hydrogen-bond donors (Lipinski definition) is 0. The standard InChI is InChI=1S/C23H25F3N4O3/c1-11-9-18(14(4)13(3)12(11)2)19(31)10-33-20(32)8-7-17-15(5)27-22-28-21(23(24,25)26)29-30(22)16(17)6/h9H,7-8,10H2,1-6H3. The summed E-state index contributed by atoms with van der Waals surface area (Å²) in [6.07, 6.45) is -4.57. The number of halogens is 3. The third kappa shape index (κ3) is 4.89. The molecule has 0 spiro atoms. The number of nitrogens with zero attached hydrogens (tertiary/aromatic N) is 4. The van der Waals surface area contributed by atoms with Crippen LogP contribution in [0.5, 0.6) is 0 Å². The van der Waals surface area contributed by atoms with Gasteiger partial charge in [0.2, 0.25) is 5.78 Å². The minimum Gasteiger partial charge on any atom is -0.457 e. The van der Waals surface area contributed by atoms with E-state index in [0.717, 1.165) is 26.8 Å². The Morgan fingerprint density at radius 2 is 1.67 bits per heavy atom. The predicted molar refractivity (Wildman–Crippen MR) is 114 cm³/mol. The normalized spacial score (nSPS) is 11.8. The molecule has 0 amide bonds. The maximum absolute atomic E-state index is 12.9. The Balaban J connectivity index is 1.68. The summed E-state index contributed by atoms with van der Waals surface area (Å²) in [5, 5.41) is 3.49. The van der Waals surface area contributed by atoms with Crippen LogP contribution in [0.2, 0.25) is 0 Å². The second-order valence-electron chi connectivity index (χ2n) is 8.11. The molecule has 0 aliphatic carbocycles. The molecule has 3 aromatic rings. The van der Waals surface area contributed by atoms with E-state index in [0.29, 0.717) is 22.5 Å². The molecule has 2 aromatic heterocycles. The van der Waals surface area contributed by atoms with Crippen LogP contribution < -0.4 is 0 Å². The van der Waals surface area contributed by atoms with E-state index in [2.05, 4.69) is 15.1 Å².